The summed E-state index contributed by atoms with van der Waals surface area (Å²) >= 11 is 0. The number of amides is 2. The Hall–Kier alpha value is -4.21. The lowest BCUT2D eigenvalue weighted by atomic mass is 10.1. The van der Waals surface area contributed by atoms with Crippen LogP contribution >= 0.6 is 0 Å². The number of aromatic amines is 3. The number of imidazole rings is 1. The van der Waals surface area contributed by atoms with Gasteiger partial charge in [0.25, 0.3) is 0 Å². The third-order valence-corrected chi connectivity index (χ3v) is 5.62. The predicted molar refractivity (Wildman–Crippen MR) is 128 cm³/mol. The highest BCUT2D eigenvalue weighted by Gasteiger charge is 2.19. The van der Waals surface area contributed by atoms with Crippen molar-refractivity contribution in [2.24, 2.45) is 5.73 Å². The maximum atomic E-state index is 12.6. The van der Waals surface area contributed by atoms with E-state index < -0.39 is 5.69 Å². The van der Waals surface area contributed by atoms with Crippen molar-refractivity contribution in [2.75, 3.05) is 0 Å². The second-order valence-electron chi connectivity index (χ2n) is 8.23. The minimum absolute atomic E-state index is 0.0604. The molecule has 10 nitrogen and oxygen atoms in total. The third-order valence-electron chi connectivity index (χ3n) is 5.62. The monoisotopic (exact) mass is 461 g/mol. The van der Waals surface area contributed by atoms with Crippen molar-refractivity contribution in [3.63, 3.8) is 0 Å². The molecule has 0 radical (unpaired) electrons. The van der Waals surface area contributed by atoms with Crippen LogP contribution in [0.1, 0.15) is 49.8 Å². The fourth-order valence-corrected chi connectivity index (χ4v) is 3.91. The standard InChI is InChI=1S/C24H27N7O3/c25-20(32)9-3-1-2-8-18(27-22(33)13-21-29-24(34)31-30-21)23-26-14-19(28-23)17-11-10-15-6-4-5-7-16(15)12-17/h4-7,10-12,14,18H,1-3,8-9,13H2,(H2,25,32)(H,26,28)(H,27,33)(H2,29,30,31,34)/t18-/m0/s1. The van der Waals surface area contributed by atoms with Crippen molar-refractivity contribution in [1.82, 2.24) is 30.5 Å². The number of nitrogens with one attached hydrogen (secondary N) is 4. The maximum Gasteiger partial charge on any atom is 0.340 e. The maximum absolute atomic E-state index is 12.6. The lowest BCUT2D eigenvalue weighted by molar-refractivity contribution is -0.121. The molecule has 2 heterocycles. The second kappa shape index (κ2) is 10.6. The summed E-state index contributed by atoms with van der Waals surface area (Å²) < 4.78 is 0. The molecule has 0 aliphatic carbocycles. The second-order valence-corrected chi connectivity index (χ2v) is 8.23. The van der Waals surface area contributed by atoms with E-state index in [-0.39, 0.29) is 30.1 Å². The highest BCUT2D eigenvalue weighted by Crippen LogP contribution is 2.25. The molecule has 10 heteroatoms. The molecular weight excluding hydrogens is 434 g/mol. The summed E-state index contributed by atoms with van der Waals surface area (Å²) in [4.78, 5) is 45.2. The minimum Gasteiger partial charge on any atom is -0.370 e. The number of primary amides is 1. The van der Waals surface area contributed by atoms with Gasteiger partial charge in [-0.25, -0.2) is 14.9 Å². The number of carbonyl (C=O) groups excluding carboxylic acids is 2. The molecule has 2 aromatic heterocycles. The van der Waals surface area contributed by atoms with Gasteiger partial charge in [0.2, 0.25) is 11.8 Å². The van der Waals surface area contributed by atoms with Crippen molar-refractivity contribution in [1.29, 1.82) is 0 Å². The first-order valence-electron chi connectivity index (χ1n) is 11.2. The number of nitrogens with two attached hydrogens (primary N) is 1. The van der Waals surface area contributed by atoms with Crippen molar-refractivity contribution in [2.45, 2.75) is 44.6 Å². The number of rotatable bonds is 11. The molecule has 34 heavy (non-hydrogen) atoms. The fraction of sp³-hybridized carbons (Fsp3) is 0.292. The molecule has 0 saturated heterocycles. The minimum atomic E-state index is -0.458. The number of nitrogens with zero attached hydrogens (tertiary/aromatic N) is 2. The summed E-state index contributed by atoms with van der Waals surface area (Å²) in [7, 11) is 0. The van der Waals surface area contributed by atoms with Gasteiger partial charge in [0, 0.05) is 12.0 Å². The van der Waals surface area contributed by atoms with Crippen LogP contribution in [-0.4, -0.2) is 37.0 Å². The van der Waals surface area contributed by atoms with E-state index in [1.54, 1.807) is 6.20 Å². The molecule has 2 aromatic carbocycles. The number of H-pyrrole nitrogens is 3. The Bertz CT molecular complexity index is 1340. The zero-order valence-corrected chi connectivity index (χ0v) is 18.6. The van der Waals surface area contributed by atoms with Crippen LogP contribution < -0.4 is 16.7 Å². The first-order chi connectivity index (χ1) is 16.5. The van der Waals surface area contributed by atoms with Gasteiger partial charge >= 0.3 is 5.69 Å². The van der Waals surface area contributed by atoms with Crippen LogP contribution in [0.4, 0.5) is 0 Å². The molecule has 6 N–H and O–H groups in total. The normalized spacial score (nSPS) is 12.0. The molecule has 0 spiro atoms. The molecular formula is C24H27N7O3. The van der Waals surface area contributed by atoms with E-state index in [0.29, 0.717) is 25.1 Å². The molecule has 0 aliphatic rings. The largest absolute Gasteiger partial charge is 0.370 e. The first kappa shape index (κ1) is 23.0. The lowest BCUT2D eigenvalue weighted by Crippen LogP contribution is -2.31. The van der Waals surface area contributed by atoms with Gasteiger partial charge in [-0.15, -0.1) is 0 Å². The summed E-state index contributed by atoms with van der Waals surface area (Å²) in [6.07, 6.45) is 4.96. The zero-order valence-electron chi connectivity index (χ0n) is 18.6. The van der Waals surface area contributed by atoms with Crippen LogP contribution in [0.15, 0.2) is 53.5 Å². The van der Waals surface area contributed by atoms with E-state index in [4.69, 9.17) is 5.73 Å². The highest BCUT2D eigenvalue weighted by molar-refractivity contribution is 5.86. The molecule has 0 aliphatic heterocycles. The summed E-state index contributed by atoms with van der Waals surface area (Å²) in [5.74, 6) is 0.304. The van der Waals surface area contributed by atoms with Crippen molar-refractivity contribution >= 4 is 22.6 Å². The Labute approximate surface area is 195 Å². The van der Waals surface area contributed by atoms with Crippen LogP contribution in [0.5, 0.6) is 0 Å². The van der Waals surface area contributed by atoms with Crippen LogP contribution in [0, 0.1) is 0 Å². The average molecular weight is 462 g/mol. The molecule has 0 unspecified atom stereocenters. The van der Waals surface area contributed by atoms with Gasteiger partial charge in [-0.05, 0) is 29.7 Å². The van der Waals surface area contributed by atoms with Crippen molar-refractivity contribution in [3.8, 4) is 11.3 Å². The molecule has 4 aromatic rings. The number of unbranched alkanes of at least 4 members (excludes halogenated alkanes) is 2. The van der Waals surface area contributed by atoms with Crippen LogP contribution in [-0.2, 0) is 16.0 Å². The summed E-state index contributed by atoms with van der Waals surface area (Å²) in [5, 5.41) is 11.3. The SMILES string of the molecule is NC(=O)CCCCC[C@H](NC(=O)Cc1n[nH]c(=O)[nH]1)c1ncc(-c2ccc3ccccc3c2)[nH]1. The van der Waals surface area contributed by atoms with E-state index in [1.165, 1.54) is 0 Å². The number of carbonyl (C=O) groups is 2. The Morgan fingerprint density at radius 1 is 1.03 bits per heavy atom. The quantitative estimate of drug-likeness (QED) is 0.216. The van der Waals surface area contributed by atoms with Gasteiger partial charge in [-0.3, -0.25) is 14.6 Å². The molecule has 176 valence electrons. The smallest absolute Gasteiger partial charge is 0.340 e. The van der Waals surface area contributed by atoms with E-state index in [9.17, 15) is 14.4 Å². The number of hydrogen-bond donors (Lipinski definition) is 5. The fourth-order valence-electron chi connectivity index (χ4n) is 3.91. The summed E-state index contributed by atoms with van der Waals surface area (Å²) in [5.41, 5.74) is 6.61. The third kappa shape index (κ3) is 5.97. The molecule has 2 amide bonds. The zero-order chi connectivity index (χ0) is 23.9. The average Bonchev–Trinajstić information content (AvgIpc) is 3.47. The van der Waals surface area contributed by atoms with Gasteiger partial charge < -0.3 is 16.0 Å². The molecule has 0 bridgehead atoms. The molecule has 0 saturated carbocycles. The summed E-state index contributed by atoms with van der Waals surface area (Å²) in [6, 6.07) is 14.0. The highest BCUT2D eigenvalue weighted by atomic mass is 16.2. The Kier molecular flexibility index (Phi) is 7.16. The predicted octanol–water partition coefficient (Wildman–Crippen LogP) is 2.48. The number of fused-ring (bicyclic) bond motifs is 1. The van der Waals surface area contributed by atoms with Gasteiger partial charge in [-0.2, -0.15) is 5.10 Å². The Balaban J connectivity index is 1.48. The first-order valence-corrected chi connectivity index (χ1v) is 11.2. The van der Waals surface area contributed by atoms with E-state index in [2.05, 4.69) is 54.7 Å². The van der Waals surface area contributed by atoms with Crippen LogP contribution in [0.25, 0.3) is 22.0 Å². The van der Waals surface area contributed by atoms with Gasteiger partial charge in [-0.1, -0.05) is 49.2 Å². The molecule has 0 fully saturated rings. The van der Waals surface area contributed by atoms with Gasteiger partial charge in [0.1, 0.15) is 11.6 Å². The van der Waals surface area contributed by atoms with Crippen molar-refractivity contribution < 1.29 is 9.59 Å². The Morgan fingerprint density at radius 2 is 1.85 bits per heavy atom. The van der Waals surface area contributed by atoms with Gasteiger partial charge in [0.15, 0.2) is 0 Å². The van der Waals surface area contributed by atoms with Gasteiger partial charge in [0.05, 0.1) is 24.4 Å². The van der Waals surface area contributed by atoms with E-state index in [1.807, 2.05) is 18.2 Å². The van der Waals surface area contributed by atoms with Crippen LogP contribution in [0.3, 0.4) is 0 Å². The molecule has 1 atom stereocenters. The van der Waals surface area contributed by atoms with E-state index in [0.717, 1.165) is 34.9 Å². The lowest BCUT2D eigenvalue weighted by Gasteiger charge is -2.16. The van der Waals surface area contributed by atoms with E-state index >= 15 is 0 Å². The number of benzene rings is 2. The number of aromatic nitrogens is 5. The van der Waals surface area contributed by atoms with Crippen molar-refractivity contribution in [3.05, 3.63) is 70.8 Å². The summed E-state index contributed by atoms with van der Waals surface area (Å²) in [6.45, 7) is 0. The topological polar surface area (TPSA) is 162 Å². The molecule has 4 rings (SSSR count). The number of hydrogen-bond acceptors (Lipinski definition) is 5. The Morgan fingerprint density at radius 3 is 2.62 bits per heavy atom. The van der Waals surface area contributed by atoms with Crippen LogP contribution in [0.2, 0.25) is 0 Å².